The van der Waals surface area contributed by atoms with Gasteiger partial charge in [-0.15, -0.1) is 0 Å². The lowest BCUT2D eigenvalue weighted by Gasteiger charge is -2.30. The summed E-state index contributed by atoms with van der Waals surface area (Å²) in [4.78, 5) is 2.69. The van der Waals surface area contributed by atoms with Crippen molar-refractivity contribution in [3.8, 4) is 0 Å². The van der Waals surface area contributed by atoms with E-state index in [-0.39, 0.29) is 0 Å². The van der Waals surface area contributed by atoms with Gasteiger partial charge in [0.15, 0.2) is 0 Å². The lowest BCUT2D eigenvalue weighted by Crippen LogP contribution is -2.44. The van der Waals surface area contributed by atoms with Gasteiger partial charge in [-0.3, -0.25) is 4.90 Å². The van der Waals surface area contributed by atoms with E-state index < -0.39 is 0 Å². The molecule has 1 aliphatic carbocycles. The van der Waals surface area contributed by atoms with E-state index in [2.05, 4.69) is 40.5 Å². The van der Waals surface area contributed by atoms with Crippen LogP contribution in [0, 0.1) is 0 Å². The first-order valence-electron chi connectivity index (χ1n) is 7.43. The van der Waals surface area contributed by atoms with Crippen molar-refractivity contribution in [2.75, 3.05) is 13.1 Å². The van der Waals surface area contributed by atoms with E-state index in [1.54, 1.807) is 0 Å². The fourth-order valence-corrected chi connectivity index (χ4v) is 2.96. The molecule has 0 bridgehead atoms. The summed E-state index contributed by atoms with van der Waals surface area (Å²) in [5.74, 6) is 0. The summed E-state index contributed by atoms with van der Waals surface area (Å²) in [6.45, 7) is 3.58. The van der Waals surface area contributed by atoms with Crippen molar-refractivity contribution in [2.45, 2.75) is 50.7 Å². The molecule has 98 valence electrons. The second kappa shape index (κ2) is 5.85. The Morgan fingerprint density at radius 3 is 2.56 bits per heavy atom. The Labute approximate surface area is 110 Å². The topological polar surface area (TPSA) is 15.3 Å². The van der Waals surface area contributed by atoms with Crippen LogP contribution in [0.5, 0.6) is 0 Å². The second-order valence-corrected chi connectivity index (χ2v) is 5.79. The maximum Gasteiger partial charge on any atom is 0.0237 e. The lowest BCUT2D eigenvalue weighted by molar-refractivity contribution is 0.208. The molecule has 1 aromatic carbocycles. The van der Waals surface area contributed by atoms with Gasteiger partial charge in [-0.25, -0.2) is 0 Å². The van der Waals surface area contributed by atoms with Crippen molar-refractivity contribution >= 4 is 0 Å². The fraction of sp³-hybridized carbons (Fsp3) is 0.625. The molecule has 1 atom stereocenters. The van der Waals surface area contributed by atoms with Gasteiger partial charge in [-0.05, 0) is 37.8 Å². The standard InChI is InChI=1S/C16H24N2/c1-2-6-14(7-3-1)12-18(16-9-10-16)13-15-8-4-5-11-17-15/h1-3,6-7,15-17H,4-5,8-13H2/t15-/m0/s1. The minimum Gasteiger partial charge on any atom is -0.313 e. The highest BCUT2D eigenvalue weighted by molar-refractivity contribution is 5.15. The van der Waals surface area contributed by atoms with E-state index in [0.717, 1.165) is 18.6 Å². The number of benzene rings is 1. The van der Waals surface area contributed by atoms with Gasteiger partial charge >= 0.3 is 0 Å². The maximum absolute atomic E-state index is 3.68. The Hall–Kier alpha value is -0.860. The average molecular weight is 244 g/mol. The molecule has 1 saturated heterocycles. The molecule has 18 heavy (non-hydrogen) atoms. The summed E-state index contributed by atoms with van der Waals surface area (Å²) in [6, 6.07) is 12.5. The molecular formula is C16H24N2. The van der Waals surface area contributed by atoms with E-state index >= 15 is 0 Å². The Kier molecular flexibility index (Phi) is 3.96. The molecule has 0 aromatic heterocycles. The van der Waals surface area contributed by atoms with E-state index in [9.17, 15) is 0 Å². The van der Waals surface area contributed by atoms with Gasteiger partial charge in [0.05, 0.1) is 0 Å². The van der Waals surface area contributed by atoms with Crippen LogP contribution in [-0.4, -0.2) is 30.1 Å². The first-order chi connectivity index (χ1) is 8.92. The van der Waals surface area contributed by atoms with E-state index in [4.69, 9.17) is 0 Å². The van der Waals surface area contributed by atoms with Gasteiger partial charge in [-0.2, -0.15) is 0 Å². The van der Waals surface area contributed by atoms with Gasteiger partial charge in [0.2, 0.25) is 0 Å². The van der Waals surface area contributed by atoms with Crippen molar-refractivity contribution in [1.29, 1.82) is 0 Å². The summed E-state index contributed by atoms with van der Waals surface area (Å²) in [7, 11) is 0. The monoisotopic (exact) mass is 244 g/mol. The SMILES string of the molecule is c1ccc(CN(C[C@@H]2CCCCN2)C2CC2)cc1. The normalized spacial score (nSPS) is 24.4. The molecular weight excluding hydrogens is 220 g/mol. The zero-order chi connectivity index (χ0) is 12.2. The van der Waals surface area contributed by atoms with Crippen LogP contribution in [0.1, 0.15) is 37.7 Å². The Morgan fingerprint density at radius 1 is 1.06 bits per heavy atom. The van der Waals surface area contributed by atoms with Crippen molar-refractivity contribution < 1.29 is 0 Å². The van der Waals surface area contributed by atoms with Crippen LogP contribution >= 0.6 is 0 Å². The number of hydrogen-bond donors (Lipinski definition) is 1. The van der Waals surface area contributed by atoms with Crippen molar-refractivity contribution in [1.82, 2.24) is 10.2 Å². The molecule has 0 spiro atoms. The second-order valence-electron chi connectivity index (χ2n) is 5.79. The van der Waals surface area contributed by atoms with Crippen LogP contribution in [-0.2, 0) is 6.54 Å². The van der Waals surface area contributed by atoms with Gasteiger partial charge < -0.3 is 5.32 Å². The highest BCUT2D eigenvalue weighted by Crippen LogP contribution is 2.29. The van der Waals surface area contributed by atoms with E-state index in [1.165, 1.54) is 50.8 Å². The van der Waals surface area contributed by atoms with Crippen molar-refractivity contribution in [3.63, 3.8) is 0 Å². The molecule has 3 rings (SSSR count). The van der Waals surface area contributed by atoms with E-state index in [0.29, 0.717) is 0 Å². The average Bonchev–Trinajstić information content (AvgIpc) is 3.25. The Balaban J connectivity index is 1.58. The molecule has 1 aromatic rings. The predicted molar refractivity (Wildman–Crippen MR) is 75.5 cm³/mol. The Morgan fingerprint density at radius 2 is 1.89 bits per heavy atom. The van der Waals surface area contributed by atoms with Gasteiger partial charge in [0.25, 0.3) is 0 Å². The molecule has 2 fully saturated rings. The molecule has 2 nitrogen and oxygen atoms in total. The van der Waals surface area contributed by atoms with Crippen LogP contribution < -0.4 is 5.32 Å². The molecule has 1 N–H and O–H groups in total. The quantitative estimate of drug-likeness (QED) is 0.857. The number of nitrogens with one attached hydrogen (secondary N) is 1. The summed E-state index contributed by atoms with van der Waals surface area (Å²) < 4.78 is 0. The predicted octanol–water partition coefficient (Wildman–Crippen LogP) is 2.79. The minimum atomic E-state index is 0.725. The smallest absolute Gasteiger partial charge is 0.0237 e. The van der Waals surface area contributed by atoms with Crippen LogP contribution in [0.3, 0.4) is 0 Å². The zero-order valence-electron chi connectivity index (χ0n) is 11.1. The number of piperidine rings is 1. The minimum absolute atomic E-state index is 0.725. The summed E-state index contributed by atoms with van der Waals surface area (Å²) in [6.07, 6.45) is 6.93. The molecule has 2 heteroatoms. The van der Waals surface area contributed by atoms with Gasteiger partial charge in [0.1, 0.15) is 0 Å². The highest BCUT2D eigenvalue weighted by Gasteiger charge is 2.30. The van der Waals surface area contributed by atoms with Crippen molar-refractivity contribution in [3.05, 3.63) is 35.9 Å². The number of rotatable bonds is 5. The summed E-state index contributed by atoms with van der Waals surface area (Å²) >= 11 is 0. The van der Waals surface area contributed by atoms with E-state index in [1.807, 2.05) is 0 Å². The molecule has 1 aliphatic heterocycles. The van der Waals surface area contributed by atoms with Crippen LogP contribution in [0.15, 0.2) is 30.3 Å². The highest BCUT2D eigenvalue weighted by atomic mass is 15.2. The zero-order valence-corrected chi connectivity index (χ0v) is 11.1. The van der Waals surface area contributed by atoms with Gasteiger partial charge in [0, 0.05) is 25.2 Å². The number of nitrogens with zero attached hydrogens (tertiary/aromatic N) is 1. The largest absolute Gasteiger partial charge is 0.313 e. The van der Waals surface area contributed by atoms with Crippen molar-refractivity contribution in [2.24, 2.45) is 0 Å². The third-order valence-corrected chi connectivity index (χ3v) is 4.16. The first kappa shape index (κ1) is 12.2. The van der Waals surface area contributed by atoms with Crippen LogP contribution in [0.4, 0.5) is 0 Å². The molecule has 1 heterocycles. The molecule has 1 saturated carbocycles. The Bertz CT molecular complexity index is 353. The van der Waals surface area contributed by atoms with Crippen LogP contribution in [0.25, 0.3) is 0 Å². The maximum atomic E-state index is 3.68. The molecule has 2 aliphatic rings. The van der Waals surface area contributed by atoms with Gasteiger partial charge in [-0.1, -0.05) is 36.8 Å². The third kappa shape index (κ3) is 3.33. The molecule has 0 amide bonds. The fourth-order valence-electron chi connectivity index (χ4n) is 2.96. The molecule has 0 unspecified atom stereocenters. The number of hydrogen-bond acceptors (Lipinski definition) is 2. The summed E-state index contributed by atoms with van der Waals surface area (Å²) in [5, 5.41) is 3.68. The summed E-state index contributed by atoms with van der Waals surface area (Å²) in [5.41, 5.74) is 1.46. The van der Waals surface area contributed by atoms with Crippen LogP contribution in [0.2, 0.25) is 0 Å². The molecule has 0 radical (unpaired) electrons. The first-order valence-corrected chi connectivity index (χ1v) is 7.43. The lowest BCUT2D eigenvalue weighted by atomic mass is 10.0. The third-order valence-electron chi connectivity index (χ3n) is 4.16.